The predicted octanol–water partition coefficient (Wildman–Crippen LogP) is 2.05. The molecule has 0 spiro atoms. The van der Waals surface area contributed by atoms with Crippen molar-refractivity contribution >= 4 is 16.8 Å². The van der Waals surface area contributed by atoms with Crippen molar-refractivity contribution in [2.24, 2.45) is 0 Å². The lowest BCUT2D eigenvalue weighted by Crippen LogP contribution is -2.47. The van der Waals surface area contributed by atoms with E-state index >= 15 is 0 Å². The molecule has 0 atom stereocenters. The highest BCUT2D eigenvalue weighted by Gasteiger charge is 2.23. The van der Waals surface area contributed by atoms with Crippen LogP contribution in [0.5, 0.6) is 0 Å². The second-order valence-electron chi connectivity index (χ2n) is 5.44. The van der Waals surface area contributed by atoms with E-state index in [1.807, 2.05) is 29.3 Å². The van der Waals surface area contributed by atoms with Crippen molar-refractivity contribution < 1.29 is 4.79 Å². The fraction of sp³-hybridized carbons (Fsp3) is 0.438. The molecule has 1 fully saturated rings. The van der Waals surface area contributed by atoms with Crippen LogP contribution in [0.1, 0.15) is 17.3 Å². The summed E-state index contributed by atoms with van der Waals surface area (Å²) in [5.74, 6) is 0.168. The van der Waals surface area contributed by atoms with Gasteiger partial charge in [0.15, 0.2) is 0 Å². The van der Waals surface area contributed by atoms with Crippen molar-refractivity contribution in [2.75, 3.05) is 33.2 Å². The molecule has 0 bridgehead atoms. The molecule has 0 saturated carbocycles. The molecule has 1 amide bonds. The summed E-state index contributed by atoms with van der Waals surface area (Å²) < 4.78 is 2.15. The van der Waals surface area contributed by atoms with Crippen molar-refractivity contribution in [3.63, 3.8) is 0 Å². The van der Waals surface area contributed by atoms with Crippen molar-refractivity contribution in [3.8, 4) is 0 Å². The Labute approximate surface area is 119 Å². The first-order chi connectivity index (χ1) is 9.70. The van der Waals surface area contributed by atoms with Crippen molar-refractivity contribution in [3.05, 3.63) is 36.0 Å². The van der Waals surface area contributed by atoms with Crippen LogP contribution in [0.4, 0.5) is 0 Å². The number of aryl methyl sites for hydroxylation is 1. The second-order valence-corrected chi connectivity index (χ2v) is 5.44. The molecule has 0 radical (unpaired) electrons. The number of hydrogen-bond acceptors (Lipinski definition) is 2. The van der Waals surface area contributed by atoms with Gasteiger partial charge in [0.25, 0.3) is 5.91 Å². The van der Waals surface area contributed by atoms with E-state index in [-0.39, 0.29) is 5.91 Å². The number of likely N-dealkylation sites (N-methyl/N-ethyl adjacent to an activating group) is 1. The topological polar surface area (TPSA) is 28.5 Å². The number of carbonyl (C=O) groups excluding carboxylic acids is 1. The number of carbonyl (C=O) groups is 1. The Kier molecular flexibility index (Phi) is 3.49. The lowest BCUT2D eigenvalue weighted by atomic mass is 10.1. The predicted molar refractivity (Wildman–Crippen MR) is 81.0 cm³/mol. The highest BCUT2D eigenvalue weighted by atomic mass is 16.2. The molecule has 1 aromatic heterocycles. The van der Waals surface area contributed by atoms with E-state index in [1.54, 1.807) is 0 Å². The molecule has 106 valence electrons. The Hall–Kier alpha value is -1.81. The molecule has 1 aliphatic rings. The second kappa shape index (κ2) is 5.29. The van der Waals surface area contributed by atoms with Gasteiger partial charge in [-0.05, 0) is 20.0 Å². The normalized spacial score (nSPS) is 16.8. The first-order valence-corrected chi connectivity index (χ1v) is 7.26. The molecule has 0 N–H and O–H groups in total. The number of hydrogen-bond donors (Lipinski definition) is 0. The third-order valence-electron chi connectivity index (χ3n) is 4.15. The van der Waals surface area contributed by atoms with Gasteiger partial charge in [-0.3, -0.25) is 4.79 Å². The van der Waals surface area contributed by atoms with E-state index in [0.717, 1.165) is 49.2 Å². The Morgan fingerprint density at radius 2 is 1.85 bits per heavy atom. The molecule has 1 aromatic carbocycles. The molecule has 4 heteroatoms. The number of nitrogens with zero attached hydrogens (tertiary/aromatic N) is 3. The SMILES string of the molecule is CCn1cc(C(=O)N2CCN(C)CC2)c2ccccc21. The summed E-state index contributed by atoms with van der Waals surface area (Å²) in [6.45, 7) is 6.55. The minimum Gasteiger partial charge on any atom is -0.347 e. The van der Waals surface area contributed by atoms with E-state index in [4.69, 9.17) is 0 Å². The van der Waals surface area contributed by atoms with Crippen LogP contribution in [0.15, 0.2) is 30.5 Å². The van der Waals surface area contributed by atoms with Gasteiger partial charge in [-0.25, -0.2) is 0 Å². The Morgan fingerprint density at radius 1 is 1.15 bits per heavy atom. The maximum Gasteiger partial charge on any atom is 0.256 e. The van der Waals surface area contributed by atoms with Gasteiger partial charge in [-0.15, -0.1) is 0 Å². The standard InChI is InChI=1S/C16H21N3O/c1-3-18-12-14(13-6-4-5-7-15(13)18)16(20)19-10-8-17(2)9-11-19/h4-7,12H,3,8-11H2,1-2H3. The fourth-order valence-corrected chi connectivity index (χ4v) is 2.86. The van der Waals surface area contributed by atoms with Crippen LogP contribution in [0.25, 0.3) is 10.9 Å². The summed E-state index contributed by atoms with van der Waals surface area (Å²) in [6.07, 6.45) is 2.01. The van der Waals surface area contributed by atoms with Gasteiger partial charge in [0, 0.05) is 49.8 Å². The van der Waals surface area contributed by atoms with Gasteiger partial charge in [0.05, 0.1) is 5.56 Å². The van der Waals surface area contributed by atoms with Gasteiger partial charge < -0.3 is 14.4 Å². The van der Waals surface area contributed by atoms with E-state index in [9.17, 15) is 4.79 Å². The first kappa shape index (κ1) is 13.2. The number of fused-ring (bicyclic) bond motifs is 1. The third-order valence-corrected chi connectivity index (χ3v) is 4.15. The zero-order chi connectivity index (χ0) is 14.1. The monoisotopic (exact) mass is 271 g/mol. The number of para-hydroxylation sites is 1. The fourth-order valence-electron chi connectivity index (χ4n) is 2.86. The molecule has 3 rings (SSSR count). The quantitative estimate of drug-likeness (QED) is 0.836. The average molecular weight is 271 g/mol. The number of benzene rings is 1. The van der Waals surface area contributed by atoms with Crippen LogP contribution in [0.2, 0.25) is 0 Å². The van der Waals surface area contributed by atoms with Gasteiger partial charge in [0.2, 0.25) is 0 Å². The lowest BCUT2D eigenvalue weighted by molar-refractivity contribution is 0.0666. The molecular weight excluding hydrogens is 250 g/mol. The molecule has 2 heterocycles. The van der Waals surface area contributed by atoms with Crippen molar-refractivity contribution in [1.29, 1.82) is 0 Å². The van der Waals surface area contributed by atoms with Crippen LogP contribution in [-0.2, 0) is 6.54 Å². The van der Waals surface area contributed by atoms with Crippen molar-refractivity contribution in [2.45, 2.75) is 13.5 Å². The first-order valence-electron chi connectivity index (χ1n) is 7.26. The molecule has 2 aromatic rings. The zero-order valence-corrected chi connectivity index (χ0v) is 12.2. The Bertz CT molecular complexity index is 624. The van der Waals surface area contributed by atoms with Gasteiger partial charge in [-0.2, -0.15) is 0 Å². The number of rotatable bonds is 2. The summed E-state index contributed by atoms with van der Waals surface area (Å²) >= 11 is 0. The number of aromatic nitrogens is 1. The zero-order valence-electron chi connectivity index (χ0n) is 12.2. The maximum atomic E-state index is 12.7. The third kappa shape index (κ3) is 2.20. The molecule has 1 saturated heterocycles. The van der Waals surface area contributed by atoms with Gasteiger partial charge in [0.1, 0.15) is 0 Å². The summed E-state index contributed by atoms with van der Waals surface area (Å²) in [7, 11) is 2.10. The van der Waals surface area contributed by atoms with E-state index < -0.39 is 0 Å². The molecule has 20 heavy (non-hydrogen) atoms. The van der Waals surface area contributed by atoms with E-state index in [1.165, 1.54) is 0 Å². The van der Waals surface area contributed by atoms with Crippen LogP contribution < -0.4 is 0 Å². The van der Waals surface area contributed by atoms with Crippen molar-refractivity contribution in [1.82, 2.24) is 14.4 Å². The van der Waals surface area contributed by atoms with Crippen LogP contribution >= 0.6 is 0 Å². The van der Waals surface area contributed by atoms with Crippen LogP contribution in [0, 0.1) is 0 Å². The molecule has 0 aliphatic carbocycles. The minimum absolute atomic E-state index is 0.168. The molecule has 0 unspecified atom stereocenters. The number of amides is 1. The van der Waals surface area contributed by atoms with Gasteiger partial charge in [-0.1, -0.05) is 18.2 Å². The molecular formula is C16H21N3O. The Morgan fingerprint density at radius 3 is 2.55 bits per heavy atom. The highest BCUT2D eigenvalue weighted by Crippen LogP contribution is 2.23. The van der Waals surface area contributed by atoms with Crippen LogP contribution in [-0.4, -0.2) is 53.5 Å². The summed E-state index contributed by atoms with van der Waals surface area (Å²) in [6, 6.07) is 8.16. The summed E-state index contributed by atoms with van der Waals surface area (Å²) in [5, 5.41) is 1.07. The molecule has 4 nitrogen and oxygen atoms in total. The lowest BCUT2D eigenvalue weighted by Gasteiger charge is -2.32. The number of piperazine rings is 1. The largest absolute Gasteiger partial charge is 0.347 e. The van der Waals surface area contributed by atoms with E-state index in [2.05, 4.69) is 29.5 Å². The average Bonchev–Trinajstić information content (AvgIpc) is 2.86. The Balaban J connectivity index is 1.95. The minimum atomic E-state index is 0.168. The molecule has 1 aliphatic heterocycles. The van der Waals surface area contributed by atoms with Crippen LogP contribution in [0.3, 0.4) is 0 Å². The highest BCUT2D eigenvalue weighted by molar-refractivity contribution is 6.07. The summed E-state index contributed by atoms with van der Waals surface area (Å²) in [4.78, 5) is 17.0. The van der Waals surface area contributed by atoms with Gasteiger partial charge >= 0.3 is 0 Å². The summed E-state index contributed by atoms with van der Waals surface area (Å²) in [5.41, 5.74) is 1.99. The van der Waals surface area contributed by atoms with E-state index in [0.29, 0.717) is 0 Å². The smallest absolute Gasteiger partial charge is 0.256 e. The maximum absolute atomic E-state index is 12.7.